The number of benzene rings is 1. The summed E-state index contributed by atoms with van der Waals surface area (Å²) < 4.78 is 3.73. The van der Waals surface area contributed by atoms with Crippen LogP contribution < -0.4 is 0 Å². The first-order valence-electron chi connectivity index (χ1n) is 5.78. The first-order valence-corrected chi connectivity index (χ1v) is 6.14. The summed E-state index contributed by atoms with van der Waals surface area (Å²) >= 11 is 4.62. The Morgan fingerprint density at radius 2 is 1.73 bits per heavy atom. The summed E-state index contributed by atoms with van der Waals surface area (Å²) in [6, 6.07) is 8.84. The molecule has 1 aliphatic rings. The fourth-order valence-electron chi connectivity index (χ4n) is 2.41. The van der Waals surface area contributed by atoms with E-state index in [0.717, 1.165) is 5.92 Å². The molecule has 0 heterocycles. The summed E-state index contributed by atoms with van der Waals surface area (Å²) in [4.78, 5) is 0. The van der Waals surface area contributed by atoms with Gasteiger partial charge in [-0.2, -0.15) is 0 Å². The largest absolute Gasteiger partial charge is 0.215 e. The topological polar surface area (TPSA) is 12.4 Å². The molecule has 0 saturated heterocycles. The van der Waals surface area contributed by atoms with E-state index in [-0.39, 0.29) is 0 Å². The van der Waals surface area contributed by atoms with Crippen molar-refractivity contribution in [2.75, 3.05) is 0 Å². The molecule has 1 fully saturated rings. The van der Waals surface area contributed by atoms with Crippen molar-refractivity contribution in [3.05, 3.63) is 35.4 Å². The lowest BCUT2D eigenvalue weighted by atomic mass is 9.84. The quantitative estimate of drug-likeness (QED) is 0.749. The summed E-state index contributed by atoms with van der Waals surface area (Å²) in [5.74, 6) is 0.799. The summed E-state index contributed by atoms with van der Waals surface area (Å²) in [6.07, 6.45) is 6.95. The Labute approximate surface area is 97.1 Å². The molecule has 0 aliphatic heterocycles. The highest BCUT2D eigenvalue weighted by atomic mass is 32.1. The number of hydrogen-bond acceptors (Lipinski definition) is 2. The van der Waals surface area contributed by atoms with E-state index in [9.17, 15) is 0 Å². The van der Waals surface area contributed by atoms with Gasteiger partial charge in [0.1, 0.15) is 0 Å². The van der Waals surface area contributed by atoms with Crippen molar-refractivity contribution in [3.63, 3.8) is 0 Å². The van der Waals surface area contributed by atoms with Crippen LogP contribution in [-0.2, 0) is 19.0 Å². The van der Waals surface area contributed by atoms with Gasteiger partial charge >= 0.3 is 0 Å². The highest BCUT2D eigenvalue weighted by Gasteiger charge is 2.14. The molecule has 2 heteroatoms. The summed E-state index contributed by atoms with van der Waals surface area (Å²) in [5, 5.41) is 0. The first kappa shape index (κ1) is 10.7. The summed E-state index contributed by atoms with van der Waals surface area (Å²) in [6.45, 7) is 0.667. The van der Waals surface area contributed by atoms with Crippen LogP contribution in [0, 0.1) is 0 Å². The summed E-state index contributed by atoms with van der Waals surface area (Å²) in [5.41, 5.74) is 2.73. The average Bonchev–Trinajstić information content (AvgIpc) is 2.32. The van der Waals surface area contributed by atoms with E-state index in [0.29, 0.717) is 6.54 Å². The molecule has 0 spiro atoms. The lowest BCUT2D eigenvalue weighted by molar-refractivity contribution is 0.443. The second-order valence-electron chi connectivity index (χ2n) is 4.36. The Morgan fingerprint density at radius 3 is 2.33 bits per heavy atom. The zero-order chi connectivity index (χ0) is 10.5. The maximum Gasteiger partial charge on any atom is 0.0771 e. The van der Waals surface area contributed by atoms with Crippen molar-refractivity contribution >= 4 is 12.4 Å². The second-order valence-corrected chi connectivity index (χ2v) is 4.62. The van der Waals surface area contributed by atoms with Gasteiger partial charge in [-0.05, 0) is 29.9 Å². The van der Waals surface area contributed by atoms with Gasteiger partial charge in [0.05, 0.1) is 6.54 Å². The lowest BCUT2D eigenvalue weighted by Gasteiger charge is -2.21. The highest BCUT2D eigenvalue weighted by Crippen LogP contribution is 2.32. The third kappa shape index (κ3) is 2.85. The van der Waals surface area contributed by atoms with Gasteiger partial charge in [-0.1, -0.05) is 43.5 Å². The zero-order valence-corrected chi connectivity index (χ0v) is 9.80. The summed E-state index contributed by atoms with van der Waals surface area (Å²) in [7, 11) is 0. The Kier molecular flexibility index (Phi) is 3.84. The lowest BCUT2D eigenvalue weighted by Crippen LogP contribution is -2.04. The molecule has 1 aliphatic carbocycles. The Morgan fingerprint density at radius 1 is 1.07 bits per heavy atom. The fraction of sp³-hybridized carbons (Fsp3) is 0.538. The van der Waals surface area contributed by atoms with Crippen LogP contribution in [0.3, 0.4) is 0 Å². The van der Waals surface area contributed by atoms with Gasteiger partial charge in [-0.15, -0.1) is 0 Å². The van der Waals surface area contributed by atoms with Crippen LogP contribution >= 0.6 is 0 Å². The Balaban J connectivity index is 2.04. The minimum absolute atomic E-state index is 0.667. The molecule has 1 aromatic carbocycles. The maximum atomic E-state index is 4.62. The van der Waals surface area contributed by atoms with Gasteiger partial charge in [0.15, 0.2) is 0 Å². The van der Waals surface area contributed by atoms with Gasteiger partial charge in [-0.3, -0.25) is 0 Å². The molecule has 0 aromatic heterocycles. The molecule has 1 nitrogen and oxygen atoms in total. The Hall–Kier alpha value is -0.760. The van der Waals surface area contributed by atoms with Crippen molar-refractivity contribution in [3.8, 4) is 0 Å². The van der Waals surface area contributed by atoms with Gasteiger partial charge in [0, 0.05) is 12.4 Å². The van der Waals surface area contributed by atoms with Gasteiger partial charge in [-0.25, -0.2) is 4.36 Å². The molecule has 1 aromatic rings. The molecule has 0 atom stereocenters. The van der Waals surface area contributed by atoms with E-state index in [1.807, 2.05) is 0 Å². The van der Waals surface area contributed by atoms with Crippen molar-refractivity contribution < 1.29 is 0 Å². The van der Waals surface area contributed by atoms with E-state index in [1.54, 1.807) is 0 Å². The highest BCUT2D eigenvalue weighted by molar-refractivity contribution is 7.47. The second kappa shape index (κ2) is 5.36. The number of hydrogen-bond donors (Lipinski definition) is 0. The third-order valence-corrected chi connectivity index (χ3v) is 3.43. The molecular weight excluding hydrogens is 202 g/mol. The van der Waals surface area contributed by atoms with Gasteiger partial charge in [0.2, 0.25) is 0 Å². The molecule has 2 rings (SSSR count). The molecule has 0 radical (unpaired) electrons. The molecule has 0 unspecified atom stereocenters. The SMILES string of the molecule is S=NCc1ccc(C2CCCCC2)cc1. The van der Waals surface area contributed by atoms with Crippen molar-refractivity contribution in [1.29, 1.82) is 0 Å². The van der Waals surface area contributed by atoms with E-state index in [2.05, 4.69) is 41.1 Å². The van der Waals surface area contributed by atoms with E-state index < -0.39 is 0 Å². The van der Waals surface area contributed by atoms with Crippen LogP contribution in [0.2, 0.25) is 0 Å². The van der Waals surface area contributed by atoms with Gasteiger partial charge in [0.25, 0.3) is 0 Å². The molecular formula is C13H17NS. The minimum Gasteiger partial charge on any atom is -0.215 e. The molecule has 15 heavy (non-hydrogen) atoms. The molecule has 0 amide bonds. The van der Waals surface area contributed by atoms with E-state index >= 15 is 0 Å². The monoisotopic (exact) mass is 219 g/mol. The van der Waals surface area contributed by atoms with E-state index in [4.69, 9.17) is 0 Å². The number of rotatable bonds is 3. The van der Waals surface area contributed by atoms with Crippen molar-refractivity contribution in [2.24, 2.45) is 4.36 Å². The average molecular weight is 219 g/mol. The van der Waals surface area contributed by atoms with Gasteiger partial charge < -0.3 is 0 Å². The predicted molar refractivity (Wildman–Crippen MR) is 65.8 cm³/mol. The van der Waals surface area contributed by atoms with Crippen molar-refractivity contribution in [2.45, 2.75) is 44.6 Å². The third-order valence-electron chi connectivity index (χ3n) is 3.30. The fourth-order valence-corrected chi connectivity index (χ4v) is 2.55. The van der Waals surface area contributed by atoms with Crippen LogP contribution in [0.15, 0.2) is 28.6 Å². The molecule has 1 saturated carbocycles. The van der Waals surface area contributed by atoms with Crippen LogP contribution in [0.1, 0.15) is 49.1 Å². The van der Waals surface area contributed by atoms with Crippen LogP contribution in [0.5, 0.6) is 0 Å². The van der Waals surface area contributed by atoms with Crippen LogP contribution in [0.4, 0.5) is 0 Å². The minimum atomic E-state index is 0.667. The molecule has 80 valence electrons. The molecule has 0 bridgehead atoms. The maximum absolute atomic E-state index is 4.62. The zero-order valence-electron chi connectivity index (χ0n) is 8.98. The van der Waals surface area contributed by atoms with Crippen molar-refractivity contribution in [1.82, 2.24) is 0 Å². The smallest absolute Gasteiger partial charge is 0.0771 e. The standard InChI is InChI=1S/C13H17NS/c15-14-10-11-6-8-13(9-7-11)12-4-2-1-3-5-12/h6-9,12H,1-5,10H2. The van der Waals surface area contributed by atoms with E-state index in [1.165, 1.54) is 43.2 Å². The number of nitrogens with zero attached hydrogens (tertiary/aromatic N) is 1. The normalized spacial score (nSPS) is 17.6. The first-order chi connectivity index (χ1) is 7.40. The molecule has 0 N–H and O–H groups in total. The van der Waals surface area contributed by atoms with Crippen LogP contribution in [0.25, 0.3) is 0 Å². The predicted octanol–water partition coefficient (Wildman–Crippen LogP) is 3.96. The Bertz CT molecular complexity index is 312. The van der Waals surface area contributed by atoms with Crippen LogP contribution in [-0.4, -0.2) is 0 Å².